The van der Waals surface area contributed by atoms with Crippen molar-refractivity contribution in [3.8, 4) is 0 Å². The summed E-state index contributed by atoms with van der Waals surface area (Å²) in [5, 5.41) is 5.49. The summed E-state index contributed by atoms with van der Waals surface area (Å²) in [6.07, 6.45) is 1.87. The maximum Gasteiger partial charge on any atom is 0.327 e. The average molecular weight is 399 g/mol. The van der Waals surface area contributed by atoms with Gasteiger partial charge in [-0.25, -0.2) is 4.79 Å². The van der Waals surface area contributed by atoms with E-state index in [1.807, 2.05) is 6.92 Å². The number of rotatable bonds is 5. The minimum atomic E-state index is -0.597. The van der Waals surface area contributed by atoms with E-state index in [4.69, 9.17) is 0 Å². The molecule has 1 fully saturated rings. The van der Waals surface area contributed by atoms with Crippen LogP contribution >= 0.6 is 0 Å². The van der Waals surface area contributed by atoms with Gasteiger partial charge in [0.2, 0.25) is 11.8 Å². The van der Waals surface area contributed by atoms with Crippen molar-refractivity contribution >= 4 is 35.1 Å². The molecule has 0 radical (unpaired) electrons. The number of carbonyl (C=O) groups excluding carboxylic acids is 4. The van der Waals surface area contributed by atoms with Crippen molar-refractivity contribution in [1.82, 2.24) is 14.7 Å². The van der Waals surface area contributed by atoms with Crippen LogP contribution in [-0.2, 0) is 14.4 Å². The molecule has 3 rings (SSSR count). The summed E-state index contributed by atoms with van der Waals surface area (Å²) >= 11 is 0. The summed E-state index contributed by atoms with van der Waals surface area (Å²) in [6, 6.07) is 6.41. The fraction of sp³-hybridized carbons (Fsp3) is 0.400. The standard InChI is InChI=1S/C20H25N5O4/c1-5-9-25-16(11-15-18(25)23(3)20(29)24(4)19(15)28)17(27)22-14-8-6-7-13(10-14)21-12(2)26/h6-8,10-11,15,18H,5,9H2,1-4H3,(H,21,26)(H,22,27). The van der Waals surface area contributed by atoms with E-state index in [1.165, 1.54) is 18.9 Å². The first-order valence-electron chi connectivity index (χ1n) is 9.46. The number of nitrogens with one attached hydrogen (secondary N) is 2. The molecule has 2 heterocycles. The minimum absolute atomic E-state index is 0.208. The van der Waals surface area contributed by atoms with Crippen LogP contribution in [0, 0.1) is 5.92 Å². The lowest BCUT2D eigenvalue weighted by molar-refractivity contribution is -0.137. The summed E-state index contributed by atoms with van der Waals surface area (Å²) in [4.78, 5) is 53.6. The molecule has 2 N–H and O–H groups in total. The second-order valence-corrected chi connectivity index (χ2v) is 7.19. The van der Waals surface area contributed by atoms with Gasteiger partial charge in [-0.15, -0.1) is 0 Å². The predicted molar refractivity (Wildman–Crippen MR) is 108 cm³/mol. The van der Waals surface area contributed by atoms with Crippen LogP contribution < -0.4 is 10.6 Å². The molecule has 1 saturated heterocycles. The second kappa shape index (κ2) is 7.94. The van der Waals surface area contributed by atoms with E-state index in [0.717, 1.165) is 11.3 Å². The Labute approximate surface area is 169 Å². The van der Waals surface area contributed by atoms with Gasteiger partial charge in [0, 0.05) is 38.9 Å². The zero-order valence-electron chi connectivity index (χ0n) is 16.9. The summed E-state index contributed by atoms with van der Waals surface area (Å²) in [7, 11) is 3.08. The summed E-state index contributed by atoms with van der Waals surface area (Å²) in [5.74, 6) is -1.50. The maximum absolute atomic E-state index is 13.0. The summed E-state index contributed by atoms with van der Waals surface area (Å²) < 4.78 is 0. The van der Waals surface area contributed by atoms with Gasteiger partial charge in [0.25, 0.3) is 5.91 Å². The van der Waals surface area contributed by atoms with E-state index >= 15 is 0 Å². The zero-order valence-corrected chi connectivity index (χ0v) is 16.9. The van der Waals surface area contributed by atoms with Gasteiger partial charge < -0.3 is 20.4 Å². The monoisotopic (exact) mass is 399 g/mol. The molecule has 1 aromatic carbocycles. The maximum atomic E-state index is 13.0. The minimum Gasteiger partial charge on any atom is -0.346 e. The molecule has 29 heavy (non-hydrogen) atoms. The van der Waals surface area contributed by atoms with E-state index in [9.17, 15) is 19.2 Å². The van der Waals surface area contributed by atoms with Gasteiger partial charge in [0.15, 0.2) is 0 Å². The predicted octanol–water partition coefficient (Wildman–Crippen LogP) is 1.66. The number of hydrogen-bond acceptors (Lipinski definition) is 5. The van der Waals surface area contributed by atoms with Gasteiger partial charge >= 0.3 is 6.03 Å². The largest absolute Gasteiger partial charge is 0.346 e. The van der Waals surface area contributed by atoms with E-state index in [1.54, 1.807) is 42.3 Å². The Morgan fingerprint density at radius 2 is 1.76 bits per heavy atom. The first-order chi connectivity index (χ1) is 13.7. The normalized spacial score (nSPS) is 21.1. The third kappa shape index (κ3) is 3.80. The lowest BCUT2D eigenvalue weighted by Crippen LogP contribution is -2.62. The van der Waals surface area contributed by atoms with Gasteiger partial charge in [0.05, 0.1) is 5.92 Å². The Balaban J connectivity index is 1.86. The molecule has 2 atom stereocenters. The Hall–Kier alpha value is -3.36. The van der Waals surface area contributed by atoms with Crippen molar-refractivity contribution in [2.75, 3.05) is 31.3 Å². The third-order valence-corrected chi connectivity index (χ3v) is 5.03. The molecule has 0 saturated carbocycles. The lowest BCUT2D eigenvalue weighted by Gasteiger charge is -2.43. The van der Waals surface area contributed by atoms with Gasteiger partial charge in [-0.05, 0) is 30.7 Å². The van der Waals surface area contributed by atoms with Crippen molar-refractivity contribution in [2.45, 2.75) is 26.4 Å². The fourth-order valence-electron chi connectivity index (χ4n) is 3.78. The van der Waals surface area contributed by atoms with E-state index in [0.29, 0.717) is 23.6 Å². The quantitative estimate of drug-likeness (QED) is 0.784. The Morgan fingerprint density at radius 1 is 1.10 bits per heavy atom. The molecule has 2 unspecified atom stereocenters. The number of nitrogens with zero attached hydrogens (tertiary/aromatic N) is 3. The molecule has 154 valence electrons. The molecule has 9 heteroatoms. The average Bonchev–Trinajstić information content (AvgIpc) is 3.04. The van der Waals surface area contributed by atoms with Crippen molar-refractivity contribution in [2.24, 2.45) is 5.92 Å². The Kier molecular flexibility index (Phi) is 5.58. The zero-order chi connectivity index (χ0) is 21.3. The highest BCUT2D eigenvalue weighted by Crippen LogP contribution is 2.35. The van der Waals surface area contributed by atoms with Crippen LogP contribution in [0.4, 0.5) is 16.2 Å². The first kappa shape index (κ1) is 20.4. The number of hydrogen-bond donors (Lipinski definition) is 2. The molecule has 9 nitrogen and oxygen atoms in total. The number of imide groups is 1. The smallest absolute Gasteiger partial charge is 0.327 e. The number of anilines is 2. The number of amides is 5. The van der Waals surface area contributed by atoms with Crippen LogP contribution in [-0.4, -0.2) is 65.3 Å². The molecule has 0 aromatic heterocycles. The van der Waals surface area contributed by atoms with Crippen LogP contribution in [0.2, 0.25) is 0 Å². The molecular weight excluding hydrogens is 374 g/mol. The highest BCUT2D eigenvalue weighted by atomic mass is 16.2. The Bertz CT molecular complexity index is 897. The fourth-order valence-corrected chi connectivity index (χ4v) is 3.78. The highest BCUT2D eigenvalue weighted by molar-refractivity contribution is 6.06. The van der Waals surface area contributed by atoms with E-state index in [2.05, 4.69) is 10.6 Å². The number of fused-ring (bicyclic) bond motifs is 1. The van der Waals surface area contributed by atoms with Crippen LogP contribution in [0.25, 0.3) is 0 Å². The molecule has 2 aliphatic heterocycles. The number of benzene rings is 1. The van der Waals surface area contributed by atoms with Crippen LogP contribution in [0.1, 0.15) is 20.3 Å². The molecule has 2 aliphatic rings. The van der Waals surface area contributed by atoms with Gasteiger partial charge in [-0.1, -0.05) is 13.0 Å². The lowest BCUT2D eigenvalue weighted by atomic mass is 10.0. The SMILES string of the molecule is CCCN1C(C(=O)Nc2cccc(NC(C)=O)c2)=CC2C(=O)N(C)C(=O)N(C)C21. The molecule has 1 aromatic rings. The van der Waals surface area contributed by atoms with Crippen molar-refractivity contribution in [1.29, 1.82) is 0 Å². The topological polar surface area (TPSA) is 102 Å². The van der Waals surface area contributed by atoms with Gasteiger partial charge in [-0.2, -0.15) is 0 Å². The van der Waals surface area contributed by atoms with Crippen molar-refractivity contribution in [3.63, 3.8) is 0 Å². The van der Waals surface area contributed by atoms with Crippen molar-refractivity contribution < 1.29 is 19.2 Å². The van der Waals surface area contributed by atoms with Gasteiger partial charge in [-0.3, -0.25) is 19.3 Å². The summed E-state index contributed by atoms with van der Waals surface area (Å²) in [5.41, 5.74) is 1.44. The van der Waals surface area contributed by atoms with E-state index in [-0.39, 0.29) is 17.7 Å². The van der Waals surface area contributed by atoms with Gasteiger partial charge in [0.1, 0.15) is 11.9 Å². The number of carbonyl (C=O) groups is 4. The molecule has 0 spiro atoms. The van der Waals surface area contributed by atoms with E-state index < -0.39 is 18.1 Å². The molecular formula is C20H25N5O4. The second-order valence-electron chi connectivity index (χ2n) is 7.19. The first-order valence-corrected chi connectivity index (χ1v) is 9.46. The Morgan fingerprint density at radius 3 is 2.38 bits per heavy atom. The van der Waals surface area contributed by atoms with Crippen molar-refractivity contribution in [3.05, 3.63) is 36.0 Å². The third-order valence-electron chi connectivity index (χ3n) is 5.03. The highest BCUT2D eigenvalue weighted by Gasteiger charge is 2.50. The van der Waals surface area contributed by atoms with Crippen LogP contribution in [0.5, 0.6) is 0 Å². The van der Waals surface area contributed by atoms with Crippen LogP contribution in [0.15, 0.2) is 36.0 Å². The molecule has 0 aliphatic carbocycles. The number of urea groups is 1. The van der Waals surface area contributed by atoms with Crippen LogP contribution in [0.3, 0.4) is 0 Å². The molecule has 0 bridgehead atoms. The molecule has 5 amide bonds. The summed E-state index contributed by atoms with van der Waals surface area (Å²) in [6.45, 7) is 3.91.